The Hall–Kier alpha value is -3.81. The smallest absolute Gasteiger partial charge is 0.251 e. The molecule has 0 fully saturated rings. The van der Waals surface area contributed by atoms with E-state index in [1.165, 1.54) is 5.56 Å². The monoisotopic (exact) mass is 528 g/mol. The van der Waals surface area contributed by atoms with Gasteiger partial charge in [-0.15, -0.1) is 0 Å². The lowest BCUT2D eigenvalue weighted by atomic mass is 10.1. The number of halogens is 1. The fourth-order valence-electron chi connectivity index (χ4n) is 3.95. The summed E-state index contributed by atoms with van der Waals surface area (Å²) in [7, 11) is 1.63. The highest BCUT2D eigenvalue weighted by molar-refractivity contribution is 7.98. The predicted molar refractivity (Wildman–Crippen MR) is 148 cm³/mol. The number of amides is 1. The second-order valence-corrected chi connectivity index (χ2v) is 9.87. The van der Waals surface area contributed by atoms with E-state index in [-0.39, 0.29) is 5.91 Å². The Kier molecular flexibility index (Phi) is 7.73. The van der Waals surface area contributed by atoms with Gasteiger partial charge in [-0.05, 0) is 59.2 Å². The largest absolute Gasteiger partial charge is 0.497 e. The number of carbonyl (C=O) groups is 1. The van der Waals surface area contributed by atoms with Gasteiger partial charge in [-0.3, -0.25) is 9.78 Å². The molecule has 0 radical (unpaired) electrons. The molecule has 186 valence electrons. The maximum absolute atomic E-state index is 12.7. The third kappa shape index (κ3) is 6.13. The van der Waals surface area contributed by atoms with E-state index in [2.05, 4.69) is 14.9 Å². The lowest BCUT2D eigenvalue weighted by Gasteiger charge is -2.11. The summed E-state index contributed by atoms with van der Waals surface area (Å²) < 4.78 is 7.42. The van der Waals surface area contributed by atoms with Crippen molar-refractivity contribution in [2.75, 3.05) is 7.11 Å². The summed E-state index contributed by atoms with van der Waals surface area (Å²) in [6, 6.07) is 25.1. The number of imidazole rings is 1. The molecule has 6 nitrogen and oxygen atoms in total. The van der Waals surface area contributed by atoms with Crippen molar-refractivity contribution in [3.05, 3.63) is 119 Å². The lowest BCUT2D eigenvalue weighted by Crippen LogP contribution is -2.22. The minimum atomic E-state index is -0.120. The van der Waals surface area contributed by atoms with E-state index in [1.54, 1.807) is 25.1 Å². The molecule has 5 aromatic rings. The zero-order valence-electron chi connectivity index (χ0n) is 20.2. The van der Waals surface area contributed by atoms with E-state index in [0.717, 1.165) is 43.8 Å². The van der Waals surface area contributed by atoms with E-state index in [1.807, 2.05) is 85.1 Å². The number of methoxy groups -OCH3 is 1. The zero-order chi connectivity index (χ0) is 25.6. The molecule has 0 saturated heterocycles. The van der Waals surface area contributed by atoms with Crippen LogP contribution in [0, 0.1) is 0 Å². The first-order valence-electron chi connectivity index (χ1n) is 11.8. The Bertz CT molecular complexity index is 1520. The number of hydrogen-bond acceptors (Lipinski definition) is 5. The van der Waals surface area contributed by atoms with E-state index >= 15 is 0 Å². The van der Waals surface area contributed by atoms with Crippen LogP contribution in [0.3, 0.4) is 0 Å². The zero-order valence-corrected chi connectivity index (χ0v) is 21.8. The molecule has 0 aliphatic carbocycles. The van der Waals surface area contributed by atoms with Crippen LogP contribution < -0.4 is 10.1 Å². The van der Waals surface area contributed by atoms with E-state index in [0.29, 0.717) is 18.7 Å². The number of fused-ring (bicyclic) bond motifs is 1. The molecule has 1 amide bonds. The first kappa shape index (κ1) is 24.9. The van der Waals surface area contributed by atoms with Gasteiger partial charge in [0.05, 0.1) is 30.9 Å². The first-order chi connectivity index (χ1) is 18.1. The van der Waals surface area contributed by atoms with E-state index in [4.69, 9.17) is 21.3 Å². The molecular weight excluding hydrogens is 504 g/mol. The highest BCUT2D eigenvalue weighted by Gasteiger charge is 2.13. The number of aromatic nitrogens is 3. The number of nitrogens with zero attached hydrogens (tertiary/aromatic N) is 3. The van der Waals surface area contributed by atoms with E-state index < -0.39 is 0 Å². The molecule has 0 atom stereocenters. The van der Waals surface area contributed by atoms with Gasteiger partial charge in [-0.25, -0.2) is 4.98 Å². The van der Waals surface area contributed by atoms with Crippen LogP contribution in [0.25, 0.3) is 11.0 Å². The Morgan fingerprint density at radius 2 is 1.78 bits per heavy atom. The Labute approximate surface area is 224 Å². The predicted octanol–water partition coefficient (Wildman–Crippen LogP) is 6.36. The van der Waals surface area contributed by atoms with Crippen LogP contribution >= 0.6 is 23.4 Å². The highest BCUT2D eigenvalue weighted by Crippen LogP contribution is 2.28. The minimum absolute atomic E-state index is 0.120. The van der Waals surface area contributed by atoms with Gasteiger partial charge in [0, 0.05) is 29.1 Å². The van der Waals surface area contributed by atoms with Crippen molar-refractivity contribution >= 4 is 40.3 Å². The molecule has 1 N–H and O–H groups in total. The molecule has 8 heteroatoms. The summed E-state index contributed by atoms with van der Waals surface area (Å²) in [4.78, 5) is 21.8. The van der Waals surface area contributed by atoms with Gasteiger partial charge in [-0.1, -0.05) is 59.8 Å². The fourth-order valence-corrected chi connectivity index (χ4v) is 5.05. The topological polar surface area (TPSA) is 69.0 Å². The van der Waals surface area contributed by atoms with Crippen LogP contribution in [0.15, 0.2) is 96.4 Å². The lowest BCUT2D eigenvalue weighted by molar-refractivity contribution is 0.0951. The minimum Gasteiger partial charge on any atom is -0.497 e. The van der Waals surface area contributed by atoms with Crippen molar-refractivity contribution in [2.24, 2.45) is 0 Å². The van der Waals surface area contributed by atoms with Gasteiger partial charge in [0.1, 0.15) is 5.75 Å². The van der Waals surface area contributed by atoms with Crippen molar-refractivity contribution in [2.45, 2.75) is 24.0 Å². The summed E-state index contributed by atoms with van der Waals surface area (Å²) in [5.41, 5.74) is 5.72. The number of ether oxygens (including phenoxy) is 1. The molecule has 37 heavy (non-hydrogen) atoms. The molecule has 0 bridgehead atoms. The molecular formula is C29H25ClN4O2S. The van der Waals surface area contributed by atoms with Crippen LogP contribution in [0.1, 0.15) is 27.0 Å². The Morgan fingerprint density at radius 1 is 1.00 bits per heavy atom. The standard InChI is InChI=1S/C29H25ClN4O2S/c1-36-25-4-2-3-22(15-25)16-32-28(35)23-9-5-20(6-10-23)18-34-27-17-31-14-13-26(27)33-29(34)37-19-21-7-11-24(30)12-8-21/h2-15,17H,16,18-19H2,1H3,(H,32,35). The van der Waals surface area contributed by atoms with Gasteiger partial charge in [0.25, 0.3) is 5.91 Å². The molecule has 0 spiro atoms. The van der Waals surface area contributed by atoms with Crippen molar-refractivity contribution in [1.82, 2.24) is 19.9 Å². The third-order valence-corrected chi connectivity index (χ3v) is 7.24. The number of carbonyl (C=O) groups excluding carboxylic acids is 1. The van der Waals surface area contributed by atoms with Gasteiger partial charge < -0.3 is 14.6 Å². The second-order valence-electron chi connectivity index (χ2n) is 8.49. The van der Waals surface area contributed by atoms with Crippen LogP contribution in [0.2, 0.25) is 5.02 Å². The number of pyridine rings is 1. The molecule has 0 aliphatic rings. The van der Waals surface area contributed by atoms with Crippen LogP contribution in [0.4, 0.5) is 0 Å². The Balaban J connectivity index is 1.28. The number of rotatable bonds is 9. The molecule has 2 aromatic heterocycles. The Morgan fingerprint density at radius 3 is 2.57 bits per heavy atom. The average molecular weight is 529 g/mol. The quantitative estimate of drug-likeness (QED) is 0.225. The summed E-state index contributed by atoms with van der Waals surface area (Å²) in [5.74, 6) is 1.43. The summed E-state index contributed by atoms with van der Waals surface area (Å²) in [6.07, 6.45) is 3.60. The summed E-state index contributed by atoms with van der Waals surface area (Å²) in [5, 5.41) is 4.61. The average Bonchev–Trinajstić information content (AvgIpc) is 3.29. The maximum Gasteiger partial charge on any atom is 0.251 e. The maximum atomic E-state index is 12.7. The van der Waals surface area contributed by atoms with Crippen molar-refractivity contribution in [3.8, 4) is 5.75 Å². The summed E-state index contributed by atoms with van der Waals surface area (Å²) >= 11 is 7.70. The van der Waals surface area contributed by atoms with Crippen LogP contribution in [-0.2, 0) is 18.8 Å². The van der Waals surface area contributed by atoms with Gasteiger partial charge in [0.2, 0.25) is 0 Å². The molecule has 0 unspecified atom stereocenters. The van der Waals surface area contributed by atoms with Gasteiger partial charge in [-0.2, -0.15) is 0 Å². The first-order valence-corrected chi connectivity index (χ1v) is 13.1. The van der Waals surface area contributed by atoms with Crippen LogP contribution in [-0.4, -0.2) is 27.6 Å². The van der Waals surface area contributed by atoms with Crippen molar-refractivity contribution < 1.29 is 9.53 Å². The molecule has 5 rings (SSSR count). The normalized spacial score (nSPS) is 11.0. The number of nitrogens with one attached hydrogen (secondary N) is 1. The molecule has 0 aliphatic heterocycles. The highest BCUT2D eigenvalue weighted by atomic mass is 35.5. The van der Waals surface area contributed by atoms with Crippen LogP contribution in [0.5, 0.6) is 5.75 Å². The third-order valence-electron chi connectivity index (χ3n) is 5.94. The van der Waals surface area contributed by atoms with Crippen molar-refractivity contribution in [1.29, 1.82) is 0 Å². The number of hydrogen-bond donors (Lipinski definition) is 1. The number of thioether (sulfide) groups is 1. The molecule has 2 heterocycles. The van der Waals surface area contributed by atoms with Gasteiger partial charge in [0.15, 0.2) is 5.16 Å². The second kappa shape index (κ2) is 11.5. The fraction of sp³-hybridized carbons (Fsp3) is 0.138. The molecule has 3 aromatic carbocycles. The molecule has 0 saturated carbocycles. The van der Waals surface area contributed by atoms with E-state index in [9.17, 15) is 4.79 Å². The van der Waals surface area contributed by atoms with Crippen molar-refractivity contribution in [3.63, 3.8) is 0 Å². The SMILES string of the molecule is COc1cccc(CNC(=O)c2ccc(Cn3c(SCc4ccc(Cl)cc4)nc4ccncc43)cc2)c1. The number of benzene rings is 3. The van der Waals surface area contributed by atoms with Gasteiger partial charge >= 0.3 is 0 Å². The summed E-state index contributed by atoms with van der Waals surface area (Å²) in [6.45, 7) is 1.05.